The molecule has 2 rings (SSSR count). The number of aromatic nitrogens is 3. The van der Waals surface area contributed by atoms with Gasteiger partial charge < -0.3 is 9.47 Å². The van der Waals surface area contributed by atoms with Crippen LogP contribution in [0.4, 0.5) is 4.39 Å². The van der Waals surface area contributed by atoms with Crippen molar-refractivity contribution in [1.82, 2.24) is 15.4 Å². The third kappa shape index (κ3) is 4.68. The van der Waals surface area contributed by atoms with Gasteiger partial charge in [0.05, 0.1) is 25.1 Å². The third-order valence-corrected chi connectivity index (χ3v) is 3.50. The summed E-state index contributed by atoms with van der Waals surface area (Å²) in [6.45, 7) is 7.12. The Bertz CT molecular complexity index is 602. The van der Waals surface area contributed by atoms with E-state index in [0.717, 1.165) is 18.5 Å². The fraction of sp³-hybridized carbons (Fsp3) is 0.529. The highest BCUT2D eigenvalue weighted by molar-refractivity contribution is 5.45. The molecule has 0 saturated carbocycles. The summed E-state index contributed by atoms with van der Waals surface area (Å²) in [7, 11) is 0. The number of H-pyrrole nitrogens is 1. The summed E-state index contributed by atoms with van der Waals surface area (Å²) < 4.78 is 25.8. The molecule has 1 N–H and O–H groups in total. The molecule has 0 spiro atoms. The number of benzene rings is 1. The first-order chi connectivity index (χ1) is 11.2. The van der Waals surface area contributed by atoms with E-state index in [2.05, 4.69) is 15.4 Å². The summed E-state index contributed by atoms with van der Waals surface area (Å²) in [5.74, 6) is 0.749. The maximum Gasteiger partial charge on any atom is 0.164 e. The monoisotopic (exact) mass is 321 g/mol. The highest BCUT2D eigenvalue weighted by atomic mass is 19.1. The van der Waals surface area contributed by atoms with Crippen LogP contribution >= 0.6 is 0 Å². The van der Waals surface area contributed by atoms with E-state index in [-0.39, 0.29) is 11.7 Å². The SMILES string of the molecule is CCCOc1cc(F)c(C(C)Cc2cn[nH]n2)cc1OCCC. The molecule has 2 aromatic rings. The molecule has 0 amide bonds. The van der Waals surface area contributed by atoms with Crippen molar-refractivity contribution in [1.29, 1.82) is 0 Å². The van der Waals surface area contributed by atoms with Gasteiger partial charge in [-0.05, 0) is 36.8 Å². The molecule has 0 aliphatic carbocycles. The Morgan fingerprint density at radius 2 is 1.78 bits per heavy atom. The van der Waals surface area contributed by atoms with Gasteiger partial charge in [-0.3, -0.25) is 0 Å². The van der Waals surface area contributed by atoms with Crippen LogP contribution in [-0.4, -0.2) is 28.6 Å². The van der Waals surface area contributed by atoms with Gasteiger partial charge in [0.2, 0.25) is 0 Å². The van der Waals surface area contributed by atoms with E-state index in [0.29, 0.717) is 36.7 Å². The number of nitrogens with one attached hydrogen (secondary N) is 1. The van der Waals surface area contributed by atoms with Crippen molar-refractivity contribution >= 4 is 0 Å². The van der Waals surface area contributed by atoms with E-state index in [1.54, 1.807) is 12.3 Å². The number of ether oxygens (including phenoxy) is 2. The van der Waals surface area contributed by atoms with Crippen molar-refractivity contribution in [2.24, 2.45) is 0 Å². The van der Waals surface area contributed by atoms with Crippen molar-refractivity contribution < 1.29 is 13.9 Å². The molecule has 6 heteroatoms. The van der Waals surface area contributed by atoms with Gasteiger partial charge in [0.25, 0.3) is 0 Å². The molecule has 0 aliphatic heterocycles. The van der Waals surface area contributed by atoms with Crippen LogP contribution in [0.15, 0.2) is 18.3 Å². The first-order valence-electron chi connectivity index (χ1n) is 8.09. The molecule has 0 radical (unpaired) electrons. The lowest BCUT2D eigenvalue weighted by molar-refractivity contribution is 0.266. The second kappa shape index (κ2) is 8.50. The topological polar surface area (TPSA) is 60.0 Å². The molecule has 23 heavy (non-hydrogen) atoms. The van der Waals surface area contributed by atoms with Gasteiger partial charge in [-0.25, -0.2) is 4.39 Å². The first kappa shape index (κ1) is 17.2. The second-order valence-corrected chi connectivity index (χ2v) is 5.58. The normalized spacial score (nSPS) is 12.2. The predicted molar refractivity (Wildman–Crippen MR) is 86.5 cm³/mol. The van der Waals surface area contributed by atoms with Crippen LogP contribution in [0.5, 0.6) is 11.5 Å². The fourth-order valence-corrected chi connectivity index (χ4v) is 2.33. The Balaban J connectivity index is 2.23. The lowest BCUT2D eigenvalue weighted by atomic mass is 9.95. The van der Waals surface area contributed by atoms with Crippen molar-refractivity contribution in [2.45, 2.75) is 46.0 Å². The summed E-state index contributed by atoms with van der Waals surface area (Å²) in [5, 5.41) is 10.4. The van der Waals surface area contributed by atoms with Gasteiger partial charge in [-0.2, -0.15) is 15.4 Å². The van der Waals surface area contributed by atoms with Gasteiger partial charge in [0, 0.05) is 6.07 Å². The minimum Gasteiger partial charge on any atom is -0.490 e. The summed E-state index contributed by atoms with van der Waals surface area (Å²) in [6, 6.07) is 3.18. The van der Waals surface area contributed by atoms with E-state index in [9.17, 15) is 4.39 Å². The zero-order valence-electron chi connectivity index (χ0n) is 13.9. The highest BCUT2D eigenvalue weighted by Crippen LogP contribution is 2.34. The molecule has 1 unspecified atom stereocenters. The molecular formula is C17H24FN3O2. The van der Waals surface area contributed by atoms with Gasteiger partial charge in [-0.1, -0.05) is 20.8 Å². The van der Waals surface area contributed by atoms with Crippen molar-refractivity contribution in [3.05, 3.63) is 35.4 Å². The van der Waals surface area contributed by atoms with Crippen LogP contribution < -0.4 is 9.47 Å². The predicted octanol–water partition coefficient (Wildman–Crippen LogP) is 3.87. The zero-order chi connectivity index (χ0) is 16.7. The van der Waals surface area contributed by atoms with E-state index >= 15 is 0 Å². The smallest absolute Gasteiger partial charge is 0.164 e. The van der Waals surface area contributed by atoms with Crippen LogP contribution in [0.25, 0.3) is 0 Å². The molecule has 0 saturated heterocycles. The second-order valence-electron chi connectivity index (χ2n) is 5.58. The number of nitrogens with zero attached hydrogens (tertiary/aromatic N) is 2. The van der Waals surface area contributed by atoms with E-state index in [1.807, 2.05) is 20.8 Å². The van der Waals surface area contributed by atoms with Crippen LogP contribution in [0, 0.1) is 5.82 Å². The Morgan fingerprint density at radius 3 is 2.35 bits per heavy atom. The maximum absolute atomic E-state index is 14.5. The first-order valence-corrected chi connectivity index (χ1v) is 8.09. The van der Waals surface area contributed by atoms with Crippen LogP contribution in [0.3, 0.4) is 0 Å². The standard InChI is InChI=1S/C17H24FN3O2/c1-4-6-22-16-9-14(12(3)8-13-11-19-21-20-13)15(18)10-17(16)23-7-5-2/h9-12H,4-8H2,1-3H3,(H,19,20,21). The number of hydrogen-bond donors (Lipinski definition) is 1. The van der Waals surface area contributed by atoms with Gasteiger partial charge >= 0.3 is 0 Å². The summed E-state index contributed by atoms with van der Waals surface area (Å²) in [5.41, 5.74) is 1.40. The quantitative estimate of drug-likeness (QED) is 0.761. The van der Waals surface area contributed by atoms with Crippen molar-refractivity contribution in [3.8, 4) is 11.5 Å². The Hall–Kier alpha value is -2.11. The van der Waals surface area contributed by atoms with E-state index in [1.165, 1.54) is 6.07 Å². The lowest BCUT2D eigenvalue weighted by Gasteiger charge is -2.17. The molecule has 5 nitrogen and oxygen atoms in total. The van der Waals surface area contributed by atoms with Crippen molar-refractivity contribution in [2.75, 3.05) is 13.2 Å². The maximum atomic E-state index is 14.5. The number of halogens is 1. The lowest BCUT2D eigenvalue weighted by Crippen LogP contribution is -2.06. The third-order valence-electron chi connectivity index (χ3n) is 3.50. The van der Waals surface area contributed by atoms with Crippen molar-refractivity contribution in [3.63, 3.8) is 0 Å². The van der Waals surface area contributed by atoms with E-state index < -0.39 is 0 Å². The number of rotatable bonds is 9. The average molecular weight is 321 g/mol. The number of aromatic amines is 1. The Morgan fingerprint density at radius 1 is 1.13 bits per heavy atom. The molecule has 0 fully saturated rings. The molecule has 1 heterocycles. The van der Waals surface area contributed by atoms with Crippen LogP contribution in [0.2, 0.25) is 0 Å². The van der Waals surface area contributed by atoms with Gasteiger partial charge in [0.1, 0.15) is 5.82 Å². The van der Waals surface area contributed by atoms with Crippen LogP contribution in [-0.2, 0) is 6.42 Å². The molecule has 0 bridgehead atoms. The Labute approximate surface area is 136 Å². The van der Waals surface area contributed by atoms with Crippen LogP contribution in [0.1, 0.15) is 50.8 Å². The minimum atomic E-state index is -0.282. The zero-order valence-corrected chi connectivity index (χ0v) is 13.9. The molecule has 1 aromatic heterocycles. The molecule has 1 aromatic carbocycles. The van der Waals surface area contributed by atoms with Gasteiger partial charge in [0.15, 0.2) is 11.5 Å². The molecular weight excluding hydrogens is 297 g/mol. The molecule has 1 atom stereocenters. The summed E-state index contributed by atoms with van der Waals surface area (Å²) in [6.07, 6.45) is 4.00. The average Bonchev–Trinajstić information content (AvgIpc) is 3.04. The molecule has 0 aliphatic rings. The fourth-order valence-electron chi connectivity index (χ4n) is 2.33. The van der Waals surface area contributed by atoms with E-state index in [4.69, 9.17) is 9.47 Å². The highest BCUT2D eigenvalue weighted by Gasteiger charge is 2.18. The minimum absolute atomic E-state index is 0.0377. The van der Waals surface area contributed by atoms with Gasteiger partial charge in [-0.15, -0.1) is 0 Å². The molecule has 126 valence electrons. The Kier molecular flexibility index (Phi) is 6.38. The summed E-state index contributed by atoms with van der Waals surface area (Å²) >= 11 is 0. The largest absolute Gasteiger partial charge is 0.490 e. The number of hydrogen-bond acceptors (Lipinski definition) is 4. The summed E-state index contributed by atoms with van der Waals surface area (Å²) in [4.78, 5) is 0.